The van der Waals surface area contributed by atoms with Crippen molar-refractivity contribution in [2.24, 2.45) is 0 Å². The molecule has 0 aliphatic carbocycles. The lowest BCUT2D eigenvalue weighted by Gasteiger charge is -2.24. The molecule has 0 radical (unpaired) electrons. The molecule has 13 heavy (non-hydrogen) atoms. The molecule has 0 fully saturated rings. The number of hydrogen-bond acceptors (Lipinski definition) is 0. The second kappa shape index (κ2) is 3.51. The molecule has 1 nitrogen and oxygen atoms in total. The molecular formula is C12H20N+. The molecule has 0 spiro atoms. The van der Waals surface area contributed by atoms with Crippen molar-refractivity contribution in [1.29, 1.82) is 0 Å². The van der Waals surface area contributed by atoms with Crippen LogP contribution in [0, 0.1) is 13.8 Å². The van der Waals surface area contributed by atoms with E-state index in [0.717, 1.165) is 11.0 Å². The average molecular weight is 178 g/mol. The fourth-order valence-corrected chi connectivity index (χ4v) is 1.71. The molecule has 0 amide bonds. The monoisotopic (exact) mass is 178 g/mol. The van der Waals surface area contributed by atoms with E-state index < -0.39 is 0 Å². The van der Waals surface area contributed by atoms with E-state index in [4.69, 9.17) is 0 Å². The first-order valence-electron chi connectivity index (χ1n) is 4.74. The van der Waals surface area contributed by atoms with Gasteiger partial charge in [-0.2, -0.15) is 0 Å². The average Bonchev–Trinajstić information content (AvgIpc) is 1.78. The number of rotatable bonds is 2. The van der Waals surface area contributed by atoms with E-state index in [1.54, 1.807) is 0 Å². The van der Waals surface area contributed by atoms with E-state index >= 15 is 0 Å². The van der Waals surface area contributed by atoms with Crippen LogP contribution in [0.2, 0.25) is 0 Å². The summed E-state index contributed by atoms with van der Waals surface area (Å²) >= 11 is 0. The molecule has 0 atom stereocenters. The largest absolute Gasteiger partial charge is 0.327 e. The summed E-state index contributed by atoms with van der Waals surface area (Å²) in [5, 5.41) is 0. The van der Waals surface area contributed by atoms with E-state index in [1.165, 1.54) is 16.7 Å². The Morgan fingerprint density at radius 2 is 1.38 bits per heavy atom. The van der Waals surface area contributed by atoms with E-state index in [-0.39, 0.29) is 0 Å². The van der Waals surface area contributed by atoms with Crippen LogP contribution in [0.1, 0.15) is 16.7 Å². The summed E-state index contributed by atoms with van der Waals surface area (Å²) < 4.78 is 0.989. The molecule has 72 valence electrons. The third-order valence-corrected chi connectivity index (χ3v) is 1.94. The van der Waals surface area contributed by atoms with Crippen LogP contribution in [0.25, 0.3) is 0 Å². The van der Waals surface area contributed by atoms with Crippen LogP contribution in [0.5, 0.6) is 0 Å². The Bertz CT molecular complexity index is 274. The van der Waals surface area contributed by atoms with Crippen molar-refractivity contribution >= 4 is 0 Å². The van der Waals surface area contributed by atoms with Gasteiger partial charge in [0, 0.05) is 5.56 Å². The van der Waals surface area contributed by atoms with Gasteiger partial charge in [-0.25, -0.2) is 0 Å². The third-order valence-electron chi connectivity index (χ3n) is 1.94. The number of hydrogen-bond donors (Lipinski definition) is 0. The van der Waals surface area contributed by atoms with Crippen molar-refractivity contribution in [2.75, 3.05) is 21.1 Å². The van der Waals surface area contributed by atoms with Crippen molar-refractivity contribution in [2.45, 2.75) is 20.4 Å². The smallest absolute Gasteiger partial charge is 0.104 e. The molecule has 0 aliphatic heterocycles. The highest BCUT2D eigenvalue weighted by molar-refractivity contribution is 5.27. The lowest BCUT2D eigenvalue weighted by Crippen LogP contribution is -2.33. The van der Waals surface area contributed by atoms with Gasteiger partial charge >= 0.3 is 0 Å². The molecule has 0 aromatic heterocycles. The molecule has 0 saturated heterocycles. The molecule has 1 rings (SSSR count). The van der Waals surface area contributed by atoms with Crippen LogP contribution in [0.3, 0.4) is 0 Å². The van der Waals surface area contributed by atoms with Gasteiger partial charge in [0.25, 0.3) is 0 Å². The standard InChI is InChI=1S/C12H20N/c1-10-6-11(2)8-12(7-10)9-13(3,4)5/h6-8H,9H2,1-5H3/q+1. The van der Waals surface area contributed by atoms with Gasteiger partial charge in [-0.05, 0) is 13.8 Å². The zero-order valence-corrected chi connectivity index (χ0v) is 9.39. The Kier molecular flexibility index (Phi) is 2.77. The number of aryl methyl sites for hydroxylation is 2. The predicted octanol–water partition coefficient (Wildman–Crippen LogP) is 2.51. The van der Waals surface area contributed by atoms with Crippen LogP contribution in [0.4, 0.5) is 0 Å². The van der Waals surface area contributed by atoms with Gasteiger partial charge in [-0.3, -0.25) is 0 Å². The summed E-state index contributed by atoms with van der Waals surface area (Å²) in [4.78, 5) is 0. The van der Waals surface area contributed by atoms with Crippen LogP contribution >= 0.6 is 0 Å². The molecule has 0 unspecified atom stereocenters. The summed E-state index contributed by atoms with van der Waals surface area (Å²) in [5.41, 5.74) is 4.16. The number of nitrogens with zero attached hydrogens (tertiary/aromatic N) is 1. The Balaban J connectivity index is 2.90. The highest BCUT2D eigenvalue weighted by atomic mass is 15.3. The van der Waals surface area contributed by atoms with Crippen LogP contribution in [-0.2, 0) is 6.54 Å². The molecule has 0 saturated carbocycles. The third kappa shape index (κ3) is 3.60. The van der Waals surface area contributed by atoms with Crippen LogP contribution in [0.15, 0.2) is 18.2 Å². The minimum Gasteiger partial charge on any atom is -0.327 e. The molecule has 0 heterocycles. The Morgan fingerprint density at radius 1 is 0.923 bits per heavy atom. The number of quaternary nitrogens is 1. The summed E-state index contributed by atoms with van der Waals surface area (Å²) in [7, 11) is 6.66. The van der Waals surface area contributed by atoms with Gasteiger partial charge in [0.2, 0.25) is 0 Å². The minimum absolute atomic E-state index is 0.989. The van der Waals surface area contributed by atoms with Gasteiger partial charge < -0.3 is 4.48 Å². The Morgan fingerprint density at radius 3 is 1.77 bits per heavy atom. The van der Waals surface area contributed by atoms with Gasteiger partial charge in [0.1, 0.15) is 6.54 Å². The van der Waals surface area contributed by atoms with Crippen molar-refractivity contribution < 1.29 is 4.48 Å². The highest BCUT2D eigenvalue weighted by Crippen LogP contribution is 2.12. The van der Waals surface area contributed by atoms with Gasteiger partial charge in [-0.1, -0.05) is 29.3 Å². The highest BCUT2D eigenvalue weighted by Gasteiger charge is 2.08. The zero-order valence-electron chi connectivity index (χ0n) is 9.39. The van der Waals surface area contributed by atoms with Gasteiger partial charge in [0.05, 0.1) is 21.1 Å². The first-order chi connectivity index (χ1) is 5.87. The first-order valence-corrected chi connectivity index (χ1v) is 4.74. The summed E-state index contributed by atoms with van der Waals surface area (Å²) in [6.45, 7) is 5.42. The second-order valence-electron chi connectivity index (χ2n) is 4.94. The topological polar surface area (TPSA) is 0 Å². The van der Waals surface area contributed by atoms with Crippen molar-refractivity contribution in [1.82, 2.24) is 0 Å². The summed E-state index contributed by atoms with van der Waals surface area (Å²) in [5.74, 6) is 0. The van der Waals surface area contributed by atoms with Crippen molar-refractivity contribution in [3.63, 3.8) is 0 Å². The molecular weight excluding hydrogens is 158 g/mol. The Labute approximate surface area is 81.6 Å². The predicted molar refractivity (Wildman–Crippen MR) is 57.7 cm³/mol. The molecule has 0 bridgehead atoms. The van der Waals surface area contributed by atoms with E-state index in [9.17, 15) is 0 Å². The maximum atomic E-state index is 2.27. The van der Waals surface area contributed by atoms with Gasteiger partial charge in [0.15, 0.2) is 0 Å². The molecule has 1 aromatic carbocycles. The fraction of sp³-hybridized carbons (Fsp3) is 0.500. The minimum atomic E-state index is 0.989. The SMILES string of the molecule is Cc1cc(C)cc(C[N+](C)(C)C)c1. The maximum absolute atomic E-state index is 2.27. The number of benzene rings is 1. The maximum Gasteiger partial charge on any atom is 0.104 e. The summed E-state index contributed by atoms with van der Waals surface area (Å²) in [6.07, 6.45) is 0. The van der Waals surface area contributed by atoms with Crippen LogP contribution in [-0.4, -0.2) is 25.6 Å². The van der Waals surface area contributed by atoms with Gasteiger partial charge in [-0.15, -0.1) is 0 Å². The molecule has 0 aliphatic rings. The molecule has 1 heteroatoms. The molecule has 0 N–H and O–H groups in total. The summed E-state index contributed by atoms with van der Waals surface area (Å²) in [6, 6.07) is 6.77. The normalized spacial score (nSPS) is 11.8. The Hall–Kier alpha value is -0.820. The quantitative estimate of drug-likeness (QED) is 0.610. The van der Waals surface area contributed by atoms with Crippen LogP contribution < -0.4 is 0 Å². The van der Waals surface area contributed by atoms with E-state index in [0.29, 0.717) is 0 Å². The van der Waals surface area contributed by atoms with E-state index in [2.05, 4.69) is 53.2 Å². The fourth-order valence-electron chi connectivity index (χ4n) is 1.71. The zero-order chi connectivity index (χ0) is 10.1. The van der Waals surface area contributed by atoms with E-state index in [1.807, 2.05) is 0 Å². The lowest BCUT2D eigenvalue weighted by atomic mass is 10.1. The first kappa shape index (κ1) is 10.3. The second-order valence-corrected chi connectivity index (χ2v) is 4.94. The lowest BCUT2D eigenvalue weighted by molar-refractivity contribution is -0.884. The van der Waals surface area contributed by atoms with Crippen molar-refractivity contribution in [3.05, 3.63) is 34.9 Å². The molecule has 1 aromatic rings. The van der Waals surface area contributed by atoms with Crippen molar-refractivity contribution in [3.8, 4) is 0 Å².